The van der Waals surface area contributed by atoms with Crippen LogP contribution in [-0.2, 0) is 11.2 Å². The lowest BCUT2D eigenvalue weighted by molar-refractivity contribution is -0.123. The summed E-state index contributed by atoms with van der Waals surface area (Å²) < 4.78 is 0. The molecule has 0 saturated heterocycles. The number of nitrogens with one attached hydrogen (secondary N) is 5. The van der Waals surface area contributed by atoms with E-state index in [0.29, 0.717) is 4.88 Å². The molecule has 0 bridgehead atoms. The summed E-state index contributed by atoms with van der Waals surface area (Å²) in [7, 11) is 0. The number of fused-ring (bicyclic) bond motifs is 1. The van der Waals surface area contributed by atoms with Crippen LogP contribution in [0.2, 0.25) is 0 Å². The second kappa shape index (κ2) is 10.3. The van der Waals surface area contributed by atoms with Gasteiger partial charge in [-0.15, -0.1) is 11.3 Å². The maximum absolute atomic E-state index is 12.9. The summed E-state index contributed by atoms with van der Waals surface area (Å²) in [6.07, 6.45) is 7.39. The van der Waals surface area contributed by atoms with Crippen LogP contribution < -0.4 is 21.5 Å². The first-order valence-corrected chi connectivity index (χ1v) is 11.7. The molecule has 1 saturated carbocycles. The number of H-pyrrole nitrogens is 1. The minimum Gasteiger partial charge on any atom is -0.361 e. The number of benzene rings is 1. The van der Waals surface area contributed by atoms with Gasteiger partial charge in [-0.25, -0.2) is 10.2 Å². The Hall–Kier alpha value is -3.33. The fourth-order valence-electron chi connectivity index (χ4n) is 4.04. The van der Waals surface area contributed by atoms with Crippen LogP contribution in [0.15, 0.2) is 48.0 Å². The van der Waals surface area contributed by atoms with Crippen LogP contribution in [0, 0.1) is 0 Å². The highest BCUT2D eigenvalue weighted by Gasteiger charge is 2.24. The standard InChI is InChI=1S/C23H27N5O3S/c29-21(27-28-23(31)25-16-7-2-1-3-8-16)19(26-22(30)20-11-6-12-32-20)13-15-14-24-18-10-5-4-9-17(15)18/h4-6,9-12,14,16,19,24H,1-3,7-8,13H2,(H,26,30)(H,27,29)(H2,25,28,31)/t19-/m1/s1. The summed E-state index contributed by atoms with van der Waals surface area (Å²) in [5, 5.41) is 8.48. The fraction of sp³-hybridized carbons (Fsp3) is 0.348. The fourth-order valence-corrected chi connectivity index (χ4v) is 4.67. The van der Waals surface area contributed by atoms with E-state index in [2.05, 4.69) is 26.5 Å². The maximum atomic E-state index is 12.9. The summed E-state index contributed by atoms with van der Waals surface area (Å²) in [6.45, 7) is 0. The third-order valence-electron chi connectivity index (χ3n) is 5.71. The van der Waals surface area contributed by atoms with Gasteiger partial charge in [0, 0.05) is 29.6 Å². The lowest BCUT2D eigenvalue weighted by atomic mass is 9.96. The molecule has 3 aromatic rings. The molecule has 0 aliphatic heterocycles. The molecule has 2 aromatic heterocycles. The van der Waals surface area contributed by atoms with Crippen molar-refractivity contribution in [2.45, 2.75) is 50.6 Å². The molecule has 1 aliphatic rings. The van der Waals surface area contributed by atoms with Crippen molar-refractivity contribution >= 4 is 40.1 Å². The number of carbonyl (C=O) groups is 3. The van der Waals surface area contributed by atoms with E-state index in [1.807, 2.05) is 30.5 Å². The average Bonchev–Trinajstić information content (AvgIpc) is 3.48. The molecule has 1 atom stereocenters. The molecule has 0 unspecified atom stereocenters. The number of hydrogen-bond donors (Lipinski definition) is 5. The van der Waals surface area contributed by atoms with Crippen LogP contribution in [0.25, 0.3) is 10.9 Å². The summed E-state index contributed by atoms with van der Waals surface area (Å²) in [6, 6.07) is 10.1. The van der Waals surface area contributed by atoms with Crippen molar-refractivity contribution in [3.05, 3.63) is 58.4 Å². The highest BCUT2D eigenvalue weighted by atomic mass is 32.1. The van der Waals surface area contributed by atoms with Gasteiger partial charge in [-0.1, -0.05) is 43.5 Å². The predicted molar refractivity (Wildman–Crippen MR) is 124 cm³/mol. The molecule has 0 radical (unpaired) electrons. The van der Waals surface area contributed by atoms with Crippen molar-refractivity contribution in [2.75, 3.05) is 0 Å². The monoisotopic (exact) mass is 453 g/mol. The van der Waals surface area contributed by atoms with Gasteiger partial charge in [-0.05, 0) is 35.9 Å². The van der Waals surface area contributed by atoms with Crippen molar-refractivity contribution in [2.24, 2.45) is 0 Å². The molecule has 168 valence electrons. The number of thiophene rings is 1. The smallest absolute Gasteiger partial charge is 0.333 e. The molecule has 32 heavy (non-hydrogen) atoms. The zero-order valence-electron chi connectivity index (χ0n) is 17.6. The van der Waals surface area contributed by atoms with E-state index >= 15 is 0 Å². The lowest BCUT2D eigenvalue weighted by Crippen LogP contribution is -2.56. The van der Waals surface area contributed by atoms with E-state index in [0.717, 1.165) is 42.1 Å². The highest BCUT2D eigenvalue weighted by molar-refractivity contribution is 7.12. The van der Waals surface area contributed by atoms with Crippen LogP contribution in [0.5, 0.6) is 0 Å². The van der Waals surface area contributed by atoms with Gasteiger partial charge in [-0.3, -0.25) is 15.0 Å². The zero-order chi connectivity index (χ0) is 22.3. The van der Waals surface area contributed by atoms with Crippen LogP contribution >= 0.6 is 11.3 Å². The largest absolute Gasteiger partial charge is 0.361 e. The molecule has 1 aliphatic carbocycles. The molecule has 8 nitrogen and oxygen atoms in total. The Bertz CT molecular complexity index is 1070. The molecule has 1 fully saturated rings. The molecule has 0 spiro atoms. The van der Waals surface area contributed by atoms with Crippen LogP contribution in [0.3, 0.4) is 0 Å². The van der Waals surface area contributed by atoms with Crippen molar-refractivity contribution in [3.63, 3.8) is 0 Å². The topological polar surface area (TPSA) is 115 Å². The summed E-state index contributed by atoms with van der Waals surface area (Å²) in [4.78, 5) is 41.5. The number of hydrazine groups is 1. The normalized spacial score (nSPS) is 15.1. The molecule has 2 heterocycles. The number of urea groups is 1. The van der Waals surface area contributed by atoms with Crippen LogP contribution in [0.1, 0.15) is 47.3 Å². The third-order valence-corrected chi connectivity index (χ3v) is 6.57. The summed E-state index contributed by atoms with van der Waals surface area (Å²) >= 11 is 1.30. The van der Waals surface area contributed by atoms with Gasteiger partial charge < -0.3 is 15.6 Å². The van der Waals surface area contributed by atoms with Gasteiger partial charge in [0.05, 0.1) is 4.88 Å². The van der Waals surface area contributed by atoms with E-state index in [9.17, 15) is 14.4 Å². The van der Waals surface area contributed by atoms with Crippen molar-refractivity contribution < 1.29 is 14.4 Å². The first kappa shape index (κ1) is 21.9. The quantitative estimate of drug-likeness (QED) is 0.369. The number of carbonyl (C=O) groups excluding carboxylic acids is 3. The predicted octanol–water partition coefficient (Wildman–Crippen LogP) is 3.23. The summed E-state index contributed by atoms with van der Waals surface area (Å²) in [5.74, 6) is -0.814. The Morgan fingerprint density at radius 1 is 1.03 bits per heavy atom. The lowest BCUT2D eigenvalue weighted by Gasteiger charge is -2.23. The number of amides is 4. The van der Waals surface area contributed by atoms with Crippen LogP contribution in [-0.4, -0.2) is 34.9 Å². The van der Waals surface area contributed by atoms with Gasteiger partial charge in [0.2, 0.25) is 0 Å². The number of aromatic amines is 1. The molecule has 4 rings (SSSR count). The van der Waals surface area contributed by atoms with Crippen molar-refractivity contribution in [1.82, 2.24) is 26.5 Å². The SMILES string of the molecule is O=C(NNC(=O)[C@@H](Cc1c[nH]c2ccccc12)NC(=O)c1cccs1)NC1CCCCC1. The first-order valence-electron chi connectivity index (χ1n) is 10.9. The number of rotatable bonds is 6. The van der Waals surface area contributed by atoms with E-state index in [1.54, 1.807) is 17.5 Å². The number of hydrogen-bond acceptors (Lipinski definition) is 4. The van der Waals surface area contributed by atoms with Gasteiger partial charge in [0.25, 0.3) is 11.8 Å². The summed E-state index contributed by atoms with van der Waals surface area (Å²) in [5.41, 5.74) is 6.75. The Kier molecular flexibility index (Phi) is 7.06. The second-order valence-electron chi connectivity index (χ2n) is 7.99. The van der Waals surface area contributed by atoms with Gasteiger partial charge >= 0.3 is 6.03 Å². The molecule has 5 N–H and O–H groups in total. The van der Waals surface area contributed by atoms with Crippen molar-refractivity contribution in [1.29, 1.82) is 0 Å². The van der Waals surface area contributed by atoms with Gasteiger partial charge in [-0.2, -0.15) is 0 Å². The zero-order valence-corrected chi connectivity index (χ0v) is 18.5. The second-order valence-corrected chi connectivity index (χ2v) is 8.94. The van der Waals surface area contributed by atoms with Gasteiger partial charge in [0.1, 0.15) is 6.04 Å². The number of para-hydroxylation sites is 1. The van der Waals surface area contributed by atoms with E-state index < -0.39 is 18.0 Å². The highest BCUT2D eigenvalue weighted by Crippen LogP contribution is 2.20. The van der Waals surface area contributed by atoms with Crippen LogP contribution in [0.4, 0.5) is 4.79 Å². The van der Waals surface area contributed by atoms with E-state index in [4.69, 9.17) is 0 Å². The third kappa shape index (κ3) is 5.47. The Balaban J connectivity index is 1.42. The Labute approximate surface area is 190 Å². The van der Waals surface area contributed by atoms with Gasteiger partial charge in [0.15, 0.2) is 0 Å². The molecular formula is C23H27N5O3S. The molecule has 9 heteroatoms. The Morgan fingerprint density at radius 2 is 1.84 bits per heavy atom. The van der Waals surface area contributed by atoms with E-state index in [1.165, 1.54) is 17.8 Å². The minimum absolute atomic E-state index is 0.126. The molecule has 4 amide bonds. The maximum Gasteiger partial charge on any atom is 0.333 e. The van der Waals surface area contributed by atoms with Crippen molar-refractivity contribution in [3.8, 4) is 0 Å². The Morgan fingerprint density at radius 3 is 2.62 bits per heavy atom. The minimum atomic E-state index is -0.862. The molecule has 1 aromatic carbocycles. The number of aromatic nitrogens is 1. The molecular weight excluding hydrogens is 426 g/mol. The van der Waals surface area contributed by atoms with E-state index in [-0.39, 0.29) is 18.4 Å². The average molecular weight is 454 g/mol. The first-order chi connectivity index (χ1) is 15.6.